The summed E-state index contributed by atoms with van der Waals surface area (Å²) in [6.07, 6.45) is 3.65. The normalized spacial score (nSPS) is 12.5. The van der Waals surface area contributed by atoms with Gasteiger partial charge in [-0.2, -0.15) is 0 Å². The third kappa shape index (κ3) is 7.88. The van der Waals surface area contributed by atoms with E-state index in [-0.39, 0.29) is 0 Å². The van der Waals surface area contributed by atoms with Crippen LogP contribution in [0.2, 0.25) is 0 Å². The largest absolute Gasteiger partial charge is 0.355 e. The molecule has 6 nitrogen and oxygen atoms in total. The molecule has 0 spiro atoms. The van der Waals surface area contributed by atoms with Crippen molar-refractivity contribution in [2.75, 3.05) is 40.0 Å². The molecule has 0 amide bonds. The van der Waals surface area contributed by atoms with Crippen molar-refractivity contribution in [3.8, 4) is 0 Å². The van der Waals surface area contributed by atoms with E-state index in [1.54, 1.807) is 13.1 Å². The first-order chi connectivity index (χ1) is 11.8. The van der Waals surface area contributed by atoms with E-state index in [0.29, 0.717) is 11.4 Å². The topological polar surface area (TPSA) is 73.8 Å². The number of hydrogen-bond donors (Lipinski definition) is 2. The molecule has 0 saturated heterocycles. The molecular formula is C18H32N4O2S. The van der Waals surface area contributed by atoms with Crippen LogP contribution in [0.4, 0.5) is 0 Å². The fourth-order valence-electron chi connectivity index (χ4n) is 2.55. The highest BCUT2D eigenvalue weighted by Crippen LogP contribution is 2.16. The summed E-state index contributed by atoms with van der Waals surface area (Å²) >= 11 is 0. The molecule has 0 aliphatic heterocycles. The van der Waals surface area contributed by atoms with E-state index in [1.807, 2.05) is 19.1 Å². The minimum absolute atomic E-state index is 0.383. The first-order valence-corrected chi connectivity index (χ1v) is 10.6. The molecule has 0 radical (unpaired) electrons. The first-order valence-electron chi connectivity index (χ1n) is 8.70. The summed E-state index contributed by atoms with van der Waals surface area (Å²) in [5, 5.41) is 6.56. The van der Waals surface area contributed by atoms with Crippen LogP contribution in [-0.4, -0.2) is 59.3 Å². The molecule has 0 fully saturated rings. The van der Waals surface area contributed by atoms with Gasteiger partial charge in [-0.1, -0.05) is 25.5 Å². The number of sulfone groups is 1. The Hall–Kier alpha value is -1.60. The first kappa shape index (κ1) is 21.4. The van der Waals surface area contributed by atoms with E-state index in [1.165, 1.54) is 19.1 Å². The minimum atomic E-state index is -3.17. The fourth-order valence-corrected chi connectivity index (χ4v) is 3.51. The van der Waals surface area contributed by atoms with E-state index >= 15 is 0 Å². The number of nitrogens with one attached hydrogen (secondary N) is 2. The van der Waals surface area contributed by atoms with Gasteiger partial charge in [-0.3, -0.25) is 4.99 Å². The Morgan fingerprint density at radius 3 is 2.52 bits per heavy atom. The van der Waals surface area contributed by atoms with E-state index in [4.69, 9.17) is 0 Å². The van der Waals surface area contributed by atoms with Crippen molar-refractivity contribution in [3.05, 3.63) is 29.3 Å². The summed E-state index contributed by atoms with van der Waals surface area (Å²) in [4.78, 5) is 6.91. The van der Waals surface area contributed by atoms with Gasteiger partial charge < -0.3 is 15.5 Å². The molecule has 1 rings (SSSR count). The Balaban J connectivity index is 2.49. The summed E-state index contributed by atoms with van der Waals surface area (Å²) in [6.45, 7) is 7.50. The summed E-state index contributed by atoms with van der Waals surface area (Å²) in [7, 11) is 0.694. The van der Waals surface area contributed by atoms with E-state index in [0.717, 1.165) is 36.7 Å². The van der Waals surface area contributed by atoms with Crippen molar-refractivity contribution in [2.45, 2.75) is 38.1 Å². The number of nitrogens with zero attached hydrogens (tertiary/aromatic N) is 2. The molecular weight excluding hydrogens is 336 g/mol. The van der Waals surface area contributed by atoms with Crippen molar-refractivity contribution >= 4 is 15.8 Å². The van der Waals surface area contributed by atoms with Crippen molar-refractivity contribution in [2.24, 2.45) is 4.99 Å². The average molecular weight is 369 g/mol. The molecule has 0 unspecified atom stereocenters. The van der Waals surface area contributed by atoms with Crippen molar-refractivity contribution in [1.29, 1.82) is 0 Å². The number of hydrogen-bond acceptors (Lipinski definition) is 4. The van der Waals surface area contributed by atoms with Gasteiger partial charge in [0, 0.05) is 32.9 Å². The zero-order chi connectivity index (χ0) is 18.9. The van der Waals surface area contributed by atoms with Crippen molar-refractivity contribution in [1.82, 2.24) is 15.5 Å². The number of aliphatic imine (C=N–C) groups is 1. The molecule has 0 saturated carbocycles. The highest BCUT2D eigenvalue weighted by Gasteiger charge is 2.11. The van der Waals surface area contributed by atoms with Gasteiger partial charge in [0.25, 0.3) is 0 Å². The average Bonchev–Trinajstić information content (AvgIpc) is 2.54. The standard InChI is InChI=1S/C18H32N4O2S/c1-6-7-11-22(4)12-10-20-18(19-3)21-14-16-8-9-17(15(2)13-16)25(5,23)24/h8-9,13H,6-7,10-12,14H2,1-5H3,(H2,19,20,21). The third-order valence-electron chi connectivity index (χ3n) is 4.00. The Morgan fingerprint density at radius 2 is 1.96 bits per heavy atom. The number of aryl methyl sites for hydroxylation is 1. The number of likely N-dealkylation sites (N-methyl/N-ethyl adjacent to an activating group) is 1. The van der Waals surface area contributed by atoms with Gasteiger partial charge in [0.2, 0.25) is 0 Å². The number of unbranched alkanes of at least 4 members (excludes halogenated alkanes) is 1. The second-order valence-corrected chi connectivity index (χ2v) is 8.37. The molecule has 0 atom stereocenters. The molecule has 0 aliphatic rings. The van der Waals surface area contributed by atoms with Crippen LogP contribution >= 0.6 is 0 Å². The van der Waals surface area contributed by atoms with Crippen LogP contribution in [0.25, 0.3) is 0 Å². The molecule has 2 N–H and O–H groups in total. The monoisotopic (exact) mass is 368 g/mol. The number of guanidine groups is 1. The quantitative estimate of drug-likeness (QED) is 0.514. The lowest BCUT2D eigenvalue weighted by atomic mass is 10.1. The van der Waals surface area contributed by atoms with Gasteiger partial charge in [0.1, 0.15) is 0 Å². The summed E-state index contributed by atoms with van der Waals surface area (Å²) < 4.78 is 23.3. The second kappa shape index (κ2) is 10.4. The smallest absolute Gasteiger partial charge is 0.191 e. The van der Waals surface area contributed by atoms with Gasteiger partial charge >= 0.3 is 0 Å². The van der Waals surface area contributed by atoms with Crippen molar-refractivity contribution in [3.63, 3.8) is 0 Å². The predicted molar refractivity (Wildman–Crippen MR) is 105 cm³/mol. The Labute approximate surface area is 152 Å². The summed E-state index contributed by atoms with van der Waals surface area (Å²) in [5.74, 6) is 0.744. The third-order valence-corrected chi connectivity index (χ3v) is 5.26. The summed E-state index contributed by atoms with van der Waals surface area (Å²) in [6, 6.07) is 5.40. The maximum atomic E-state index is 11.7. The molecule has 0 aliphatic carbocycles. The zero-order valence-corrected chi connectivity index (χ0v) is 16.9. The van der Waals surface area contributed by atoms with Gasteiger partial charge in [-0.15, -0.1) is 0 Å². The van der Waals surface area contributed by atoms with Crippen LogP contribution in [0.3, 0.4) is 0 Å². The molecule has 7 heteroatoms. The number of rotatable bonds is 9. The molecule has 0 bridgehead atoms. The molecule has 25 heavy (non-hydrogen) atoms. The van der Waals surface area contributed by atoms with E-state index in [2.05, 4.69) is 34.5 Å². The van der Waals surface area contributed by atoms with Gasteiger partial charge in [0.15, 0.2) is 15.8 Å². The van der Waals surface area contributed by atoms with Gasteiger partial charge in [-0.05, 0) is 44.1 Å². The van der Waals surface area contributed by atoms with E-state index in [9.17, 15) is 8.42 Å². The van der Waals surface area contributed by atoms with Crippen LogP contribution in [0.15, 0.2) is 28.1 Å². The lowest BCUT2D eigenvalue weighted by Crippen LogP contribution is -2.40. The molecule has 142 valence electrons. The van der Waals surface area contributed by atoms with Crippen LogP contribution in [0.5, 0.6) is 0 Å². The SMILES string of the molecule is CCCCN(C)CCNC(=NC)NCc1ccc(S(C)(=O)=O)c(C)c1. The van der Waals surface area contributed by atoms with E-state index < -0.39 is 9.84 Å². The summed E-state index contributed by atoms with van der Waals surface area (Å²) in [5.41, 5.74) is 1.79. The Morgan fingerprint density at radius 1 is 1.24 bits per heavy atom. The predicted octanol–water partition coefficient (Wildman–Crippen LogP) is 1.80. The van der Waals surface area contributed by atoms with Crippen LogP contribution in [-0.2, 0) is 16.4 Å². The van der Waals surface area contributed by atoms with Crippen LogP contribution in [0, 0.1) is 6.92 Å². The lowest BCUT2D eigenvalue weighted by Gasteiger charge is -2.18. The maximum absolute atomic E-state index is 11.7. The molecule has 1 aromatic rings. The number of benzene rings is 1. The fraction of sp³-hybridized carbons (Fsp3) is 0.611. The molecule has 1 aromatic carbocycles. The van der Waals surface area contributed by atoms with Gasteiger partial charge in [0.05, 0.1) is 4.90 Å². The van der Waals surface area contributed by atoms with Crippen LogP contribution in [0.1, 0.15) is 30.9 Å². The maximum Gasteiger partial charge on any atom is 0.191 e. The Kier molecular flexibility index (Phi) is 8.92. The second-order valence-electron chi connectivity index (χ2n) is 6.38. The minimum Gasteiger partial charge on any atom is -0.355 e. The highest BCUT2D eigenvalue weighted by atomic mass is 32.2. The van der Waals surface area contributed by atoms with Gasteiger partial charge in [-0.25, -0.2) is 8.42 Å². The van der Waals surface area contributed by atoms with Crippen LogP contribution < -0.4 is 10.6 Å². The molecule has 0 heterocycles. The Bertz CT molecular complexity index is 672. The van der Waals surface area contributed by atoms with Crippen molar-refractivity contribution < 1.29 is 8.42 Å². The highest BCUT2D eigenvalue weighted by molar-refractivity contribution is 7.90. The lowest BCUT2D eigenvalue weighted by molar-refractivity contribution is 0.332. The zero-order valence-electron chi connectivity index (χ0n) is 16.1. The molecule has 0 aromatic heterocycles.